The number of carbonyl (C=O) groups excluding carboxylic acids is 1. The smallest absolute Gasteiger partial charge is 0.231 e. The Morgan fingerprint density at radius 1 is 1.36 bits per heavy atom. The molecule has 3 atom stereocenters. The van der Waals surface area contributed by atoms with Crippen molar-refractivity contribution < 1.29 is 14.6 Å². The molecular weight excluding hydrogens is 316 g/mol. The molecule has 136 valence electrons. The molecular formula is C20H28N2O3. The second-order valence-electron chi connectivity index (χ2n) is 7.26. The van der Waals surface area contributed by atoms with Gasteiger partial charge in [-0.1, -0.05) is 37.6 Å². The molecule has 1 heterocycles. The monoisotopic (exact) mass is 344 g/mol. The van der Waals surface area contributed by atoms with Gasteiger partial charge < -0.3 is 15.6 Å². The Balaban J connectivity index is 1.88. The van der Waals surface area contributed by atoms with Crippen LogP contribution in [0.2, 0.25) is 0 Å². The summed E-state index contributed by atoms with van der Waals surface area (Å²) in [5, 5.41) is 11.2. The van der Waals surface area contributed by atoms with Crippen molar-refractivity contribution in [3.05, 3.63) is 42.5 Å². The van der Waals surface area contributed by atoms with Crippen molar-refractivity contribution in [2.24, 2.45) is 11.7 Å². The molecule has 1 aromatic rings. The van der Waals surface area contributed by atoms with Gasteiger partial charge in [-0.05, 0) is 37.0 Å². The number of primary amides is 1. The van der Waals surface area contributed by atoms with Gasteiger partial charge in [0.05, 0.1) is 12.1 Å². The number of hydrogen-bond acceptors (Lipinski definition) is 4. The van der Waals surface area contributed by atoms with Crippen LogP contribution in [0.4, 0.5) is 0 Å². The second-order valence-corrected chi connectivity index (χ2v) is 7.26. The maximum absolute atomic E-state index is 11.5. The summed E-state index contributed by atoms with van der Waals surface area (Å²) in [4.78, 5) is 13.7. The van der Waals surface area contributed by atoms with Gasteiger partial charge in [-0.15, -0.1) is 0 Å². The Bertz CT molecular complexity index is 616. The van der Waals surface area contributed by atoms with Crippen LogP contribution < -0.4 is 10.5 Å². The zero-order valence-corrected chi connectivity index (χ0v) is 14.7. The van der Waals surface area contributed by atoms with Crippen molar-refractivity contribution in [3.63, 3.8) is 0 Å². The molecule has 2 unspecified atom stereocenters. The second kappa shape index (κ2) is 7.58. The number of nitrogens with zero attached hydrogens (tertiary/aromatic N) is 1. The molecule has 1 saturated heterocycles. The first-order chi connectivity index (χ1) is 12.0. The van der Waals surface area contributed by atoms with Gasteiger partial charge in [-0.25, -0.2) is 0 Å². The fourth-order valence-electron chi connectivity index (χ4n) is 4.48. The van der Waals surface area contributed by atoms with E-state index in [1.54, 1.807) is 6.08 Å². The highest BCUT2D eigenvalue weighted by atomic mass is 16.5. The first-order valence-corrected chi connectivity index (χ1v) is 9.12. The van der Waals surface area contributed by atoms with Crippen LogP contribution in [-0.4, -0.2) is 41.2 Å². The molecule has 1 aromatic carbocycles. The van der Waals surface area contributed by atoms with Crippen LogP contribution in [0.1, 0.15) is 43.7 Å². The molecule has 1 aliphatic carbocycles. The molecule has 3 rings (SSSR count). The topological polar surface area (TPSA) is 75.8 Å². The molecule has 0 spiro atoms. The lowest BCUT2D eigenvalue weighted by Gasteiger charge is -2.52. The summed E-state index contributed by atoms with van der Waals surface area (Å²) in [5.41, 5.74) is 5.95. The fourth-order valence-corrected chi connectivity index (χ4v) is 4.48. The molecule has 1 amide bonds. The summed E-state index contributed by atoms with van der Waals surface area (Å²) < 4.78 is 5.56. The van der Waals surface area contributed by atoms with Gasteiger partial charge >= 0.3 is 0 Å². The summed E-state index contributed by atoms with van der Waals surface area (Å²) in [7, 11) is 0. The normalized spacial score (nSPS) is 29.6. The van der Waals surface area contributed by atoms with Crippen LogP contribution in [-0.2, 0) is 4.79 Å². The van der Waals surface area contributed by atoms with Gasteiger partial charge in [0, 0.05) is 18.5 Å². The highest BCUT2D eigenvalue weighted by Crippen LogP contribution is 2.49. The van der Waals surface area contributed by atoms with Crippen molar-refractivity contribution in [2.45, 2.75) is 43.7 Å². The van der Waals surface area contributed by atoms with Gasteiger partial charge in [0.1, 0.15) is 12.4 Å². The van der Waals surface area contributed by atoms with Gasteiger partial charge in [0.15, 0.2) is 0 Å². The molecule has 0 aromatic heterocycles. The van der Waals surface area contributed by atoms with E-state index in [0.29, 0.717) is 19.6 Å². The van der Waals surface area contributed by atoms with E-state index < -0.39 is 5.60 Å². The minimum absolute atomic E-state index is 0.0139. The van der Waals surface area contributed by atoms with Gasteiger partial charge in [-0.2, -0.15) is 0 Å². The Kier molecular flexibility index (Phi) is 5.45. The molecule has 2 fully saturated rings. The van der Waals surface area contributed by atoms with E-state index >= 15 is 0 Å². The van der Waals surface area contributed by atoms with Crippen molar-refractivity contribution in [2.75, 3.05) is 19.7 Å². The molecule has 1 saturated carbocycles. The maximum atomic E-state index is 11.5. The zero-order chi connectivity index (χ0) is 17.9. The molecule has 5 heteroatoms. The number of piperidine rings is 1. The predicted octanol–water partition coefficient (Wildman–Crippen LogP) is 2.40. The quantitative estimate of drug-likeness (QED) is 0.777. The minimum atomic E-state index is -0.630. The number of ether oxygens (including phenoxy) is 1. The highest BCUT2D eigenvalue weighted by molar-refractivity contribution is 5.76. The third-order valence-corrected chi connectivity index (χ3v) is 5.62. The third-order valence-electron chi connectivity index (χ3n) is 5.62. The molecule has 5 nitrogen and oxygen atoms in total. The number of nitrogens with two attached hydrogens (primary N) is 1. The number of benzene rings is 1. The Morgan fingerprint density at radius 3 is 2.80 bits per heavy atom. The number of likely N-dealkylation sites (tertiary alicyclic amines) is 1. The van der Waals surface area contributed by atoms with E-state index in [2.05, 4.69) is 11.5 Å². The lowest BCUT2D eigenvalue weighted by Crippen LogP contribution is -2.56. The van der Waals surface area contributed by atoms with Crippen molar-refractivity contribution >= 4 is 5.91 Å². The van der Waals surface area contributed by atoms with Crippen LogP contribution in [0.3, 0.4) is 0 Å². The number of amides is 1. The van der Waals surface area contributed by atoms with Gasteiger partial charge in [0.2, 0.25) is 5.91 Å². The van der Waals surface area contributed by atoms with E-state index in [9.17, 15) is 9.90 Å². The number of fused-ring (bicyclic) bond motifs is 1. The predicted molar refractivity (Wildman–Crippen MR) is 97.2 cm³/mol. The van der Waals surface area contributed by atoms with Crippen LogP contribution in [0.15, 0.2) is 36.9 Å². The SMILES string of the molecule is C=CCOc1ccc([C@H]2C3CCCCC3(O)CCN2CC(N)=O)cc1. The number of rotatable bonds is 6. The zero-order valence-electron chi connectivity index (χ0n) is 14.7. The van der Waals surface area contributed by atoms with E-state index in [1.807, 2.05) is 24.3 Å². The first kappa shape index (κ1) is 18.0. The summed E-state index contributed by atoms with van der Waals surface area (Å²) in [6.07, 6.45) is 6.44. The average Bonchev–Trinajstić information content (AvgIpc) is 2.60. The molecule has 25 heavy (non-hydrogen) atoms. The number of carbonyl (C=O) groups is 1. The Hall–Kier alpha value is -1.85. The number of hydrogen-bond donors (Lipinski definition) is 2. The lowest BCUT2D eigenvalue weighted by atomic mass is 9.66. The molecule has 2 aliphatic rings. The van der Waals surface area contributed by atoms with Crippen molar-refractivity contribution in [1.82, 2.24) is 4.90 Å². The first-order valence-electron chi connectivity index (χ1n) is 9.12. The van der Waals surface area contributed by atoms with Crippen LogP contribution >= 0.6 is 0 Å². The fraction of sp³-hybridized carbons (Fsp3) is 0.550. The van der Waals surface area contributed by atoms with Crippen LogP contribution in [0.25, 0.3) is 0 Å². The van der Waals surface area contributed by atoms with Crippen molar-refractivity contribution in [1.29, 1.82) is 0 Å². The Labute approximate surface area is 149 Å². The van der Waals surface area contributed by atoms with Crippen molar-refractivity contribution in [3.8, 4) is 5.75 Å². The summed E-state index contributed by atoms with van der Waals surface area (Å²) in [6, 6.07) is 7.98. The average molecular weight is 344 g/mol. The van der Waals surface area contributed by atoms with Gasteiger partial charge in [0.25, 0.3) is 0 Å². The largest absolute Gasteiger partial charge is 0.490 e. The lowest BCUT2D eigenvalue weighted by molar-refractivity contribution is -0.136. The Morgan fingerprint density at radius 2 is 2.12 bits per heavy atom. The molecule has 0 radical (unpaired) electrons. The van der Waals surface area contributed by atoms with Crippen LogP contribution in [0.5, 0.6) is 5.75 Å². The minimum Gasteiger partial charge on any atom is -0.490 e. The summed E-state index contributed by atoms with van der Waals surface area (Å²) >= 11 is 0. The molecule has 3 N–H and O–H groups in total. The number of aliphatic hydroxyl groups is 1. The van der Waals surface area contributed by atoms with E-state index in [-0.39, 0.29) is 24.4 Å². The van der Waals surface area contributed by atoms with Crippen LogP contribution in [0, 0.1) is 5.92 Å². The maximum Gasteiger partial charge on any atom is 0.231 e. The summed E-state index contributed by atoms with van der Waals surface area (Å²) in [6.45, 7) is 5.04. The van der Waals surface area contributed by atoms with E-state index in [4.69, 9.17) is 10.5 Å². The third kappa shape index (κ3) is 3.88. The van der Waals surface area contributed by atoms with E-state index in [0.717, 1.165) is 37.0 Å². The molecule has 0 bridgehead atoms. The summed E-state index contributed by atoms with van der Waals surface area (Å²) in [5.74, 6) is 0.603. The highest BCUT2D eigenvalue weighted by Gasteiger charge is 2.49. The molecule has 1 aliphatic heterocycles. The standard InChI is InChI=1S/C20H28N2O3/c1-2-13-25-16-8-6-15(7-9-16)19-17-5-3-4-10-20(17,24)11-12-22(19)14-18(21)23/h2,6-9,17,19,24H,1,3-5,10-14H2,(H2,21,23)/t17?,19-,20?/m0/s1. The van der Waals surface area contributed by atoms with Gasteiger partial charge in [-0.3, -0.25) is 9.69 Å². The van der Waals surface area contributed by atoms with E-state index in [1.165, 1.54) is 0 Å².